The minimum atomic E-state index is -1.20. The fourth-order valence-electron chi connectivity index (χ4n) is 3.95. The van der Waals surface area contributed by atoms with Crippen molar-refractivity contribution in [3.63, 3.8) is 0 Å². The molecule has 1 saturated heterocycles. The van der Waals surface area contributed by atoms with Crippen LogP contribution < -0.4 is 4.90 Å². The number of piperazine rings is 1. The van der Waals surface area contributed by atoms with Gasteiger partial charge in [0, 0.05) is 42.7 Å². The lowest BCUT2D eigenvalue weighted by molar-refractivity contribution is -0.126. The van der Waals surface area contributed by atoms with Gasteiger partial charge in [-0.25, -0.2) is 18.7 Å². The number of hydrogen-bond acceptors (Lipinski definition) is 5. The van der Waals surface area contributed by atoms with E-state index < -0.39 is 17.7 Å². The van der Waals surface area contributed by atoms with Gasteiger partial charge in [0.15, 0.2) is 5.82 Å². The maximum Gasteiger partial charge on any atom is 0.246 e. The predicted octanol–water partition coefficient (Wildman–Crippen LogP) is 3.65. The number of fused-ring (bicyclic) bond motifs is 1. The summed E-state index contributed by atoms with van der Waals surface area (Å²) in [6.07, 6.45) is 6.12. The summed E-state index contributed by atoms with van der Waals surface area (Å²) in [5.74, 6) is -1.08. The van der Waals surface area contributed by atoms with Gasteiger partial charge in [-0.05, 0) is 31.6 Å². The highest BCUT2D eigenvalue weighted by atomic mass is 35.5. The number of hydrogen-bond donors (Lipinski definition) is 1. The number of aliphatic hydroxyl groups excluding tert-OH is 1. The fraction of sp³-hybridized carbons (Fsp3) is 0.318. The van der Waals surface area contributed by atoms with Crippen LogP contribution in [0.4, 0.5) is 14.6 Å². The Labute approximate surface area is 183 Å². The van der Waals surface area contributed by atoms with Gasteiger partial charge < -0.3 is 14.9 Å². The van der Waals surface area contributed by atoms with E-state index in [4.69, 9.17) is 11.6 Å². The van der Waals surface area contributed by atoms with E-state index in [0.717, 1.165) is 0 Å². The zero-order chi connectivity index (χ0) is 22.1. The molecule has 9 heteroatoms. The summed E-state index contributed by atoms with van der Waals surface area (Å²) in [5, 5.41) is 10.6. The van der Waals surface area contributed by atoms with Gasteiger partial charge in [0.05, 0.1) is 11.1 Å². The van der Waals surface area contributed by atoms with Crippen LogP contribution in [0.2, 0.25) is 5.02 Å². The molecule has 6 nitrogen and oxygen atoms in total. The van der Waals surface area contributed by atoms with Crippen LogP contribution in [0, 0.1) is 5.82 Å². The Kier molecular flexibility index (Phi) is 6.02. The van der Waals surface area contributed by atoms with Crippen molar-refractivity contribution >= 4 is 39.8 Å². The quantitative estimate of drug-likeness (QED) is 0.729. The first kappa shape index (κ1) is 21.4. The first-order chi connectivity index (χ1) is 14.9. The number of allylic oxidation sites excluding steroid dienone is 3. The molecule has 1 unspecified atom stereocenters. The number of aliphatic hydroxyl groups is 1. The smallest absolute Gasteiger partial charge is 0.246 e. The van der Waals surface area contributed by atoms with E-state index in [-0.39, 0.29) is 34.0 Å². The van der Waals surface area contributed by atoms with Crippen LogP contribution in [-0.4, -0.2) is 58.2 Å². The number of carbonyl (C=O) groups is 1. The number of benzene rings is 1. The van der Waals surface area contributed by atoms with Gasteiger partial charge in [-0.3, -0.25) is 4.79 Å². The SMILES string of the molecule is C/C=C/C(=O)N1CCN(c2ncnc3c(F)c(C4=C(F)C=CCC4O)c(Cl)cc23)CC1. The molecule has 4 rings (SSSR count). The molecule has 1 fully saturated rings. The molecule has 162 valence electrons. The van der Waals surface area contributed by atoms with Crippen LogP contribution >= 0.6 is 11.6 Å². The third kappa shape index (κ3) is 3.93. The molecule has 1 aromatic heterocycles. The second kappa shape index (κ2) is 8.72. The minimum absolute atomic E-state index is 0.00104. The van der Waals surface area contributed by atoms with E-state index in [1.165, 1.54) is 30.6 Å². The number of anilines is 1. The van der Waals surface area contributed by atoms with Crippen molar-refractivity contribution in [1.82, 2.24) is 14.9 Å². The summed E-state index contributed by atoms with van der Waals surface area (Å²) < 4.78 is 29.9. The number of aromatic nitrogens is 2. The first-order valence-corrected chi connectivity index (χ1v) is 10.3. The second-order valence-electron chi connectivity index (χ2n) is 7.37. The Morgan fingerprint density at radius 1 is 1.26 bits per heavy atom. The Hall–Kier alpha value is -2.84. The Bertz CT molecular complexity index is 1120. The van der Waals surface area contributed by atoms with Crippen molar-refractivity contribution < 1.29 is 18.7 Å². The van der Waals surface area contributed by atoms with Gasteiger partial charge in [0.1, 0.15) is 23.5 Å². The van der Waals surface area contributed by atoms with Gasteiger partial charge in [0.2, 0.25) is 5.91 Å². The van der Waals surface area contributed by atoms with E-state index in [2.05, 4.69) is 9.97 Å². The van der Waals surface area contributed by atoms with Gasteiger partial charge >= 0.3 is 0 Å². The molecule has 1 aliphatic carbocycles. The molecule has 0 radical (unpaired) electrons. The van der Waals surface area contributed by atoms with E-state index in [0.29, 0.717) is 37.4 Å². The highest BCUT2D eigenvalue weighted by Crippen LogP contribution is 2.39. The van der Waals surface area contributed by atoms with Crippen molar-refractivity contribution in [3.8, 4) is 0 Å². The molecular formula is C22H21ClF2N4O2. The lowest BCUT2D eigenvalue weighted by Gasteiger charge is -2.35. The van der Waals surface area contributed by atoms with Crippen LogP contribution in [0.25, 0.3) is 16.5 Å². The summed E-state index contributed by atoms with van der Waals surface area (Å²) in [7, 11) is 0. The molecule has 1 atom stereocenters. The normalized spacial score (nSPS) is 19.7. The predicted molar refractivity (Wildman–Crippen MR) is 116 cm³/mol. The molecule has 1 N–H and O–H groups in total. The van der Waals surface area contributed by atoms with Gasteiger partial charge in [-0.2, -0.15) is 0 Å². The summed E-state index contributed by atoms with van der Waals surface area (Å²) in [5.41, 5.74) is -0.364. The minimum Gasteiger partial charge on any atom is -0.388 e. The molecule has 31 heavy (non-hydrogen) atoms. The van der Waals surface area contributed by atoms with Gasteiger partial charge in [0.25, 0.3) is 0 Å². The molecule has 0 spiro atoms. The average Bonchev–Trinajstić information content (AvgIpc) is 2.75. The Morgan fingerprint density at radius 2 is 2.00 bits per heavy atom. The Balaban J connectivity index is 1.72. The topological polar surface area (TPSA) is 69.6 Å². The lowest BCUT2D eigenvalue weighted by atomic mass is 9.92. The second-order valence-corrected chi connectivity index (χ2v) is 7.78. The van der Waals surface area contributed by atoms with E-state index >= 15 is 4.39 Å². The third-order valence-electron chi connectivity index (χ3n) is 5.48. The molecule has 2 aliphatic rings. The van der Waals surface area contributed by atoms with E-state index in [9.17, 15) is 14.3 Å². The number of halogens is 3. The molecule has 1 aliphatic heterocycles. The standard InChI is InChI=1S/C22H21ClF2N4O2/c1-2-4-17(31)28-7-9-29(10-8-28)22-13-11-14(23)18(20(25)21(13)26-12-27-22)19-15(24)5-3-6-16(19)30/h2-5,11-12,16,30H,6-10H2,1H3/b4-2+. The highest BCUT2D eigenvalue weighted by molar-refractivity contribution is 6.33. The molecule has 2 heterocycles. The zero-order valence-corrected chi connectivity index (χ0v) is 17.6. The molecule has 0 saturated carbocycles. The average molecular weight is 447 g/mol. The third-order valence-corrected chi connectivity index (χ3v) is 5.78. The van der Waals surface area contributed by atoms with Crippen LogP contribution in [0.3, 0.4) is 0 Å². The van der Waals surface area contributed by atoms with Gasteiger partial charge in [-0.1, -0.05) is 23.8 Å². The number of carbonyl (C=O) groups excluding carboxylic acids is 1. The molecule has 0 bridgehead atoms. The molecule has 1 aromatic carbocycles. The number of rotatable bonds is 3. The largest absolute Gasteiger partial charge is 0.388 e. The maximum absolute atomic E-state index is 15.5. The summed E-state index contributed by atoms with van der Waals surface area (Å²) in [4.78, 5) is 24.1. The summed E-state index contributed by atoms with van der Waals surface area (Å²) in [6, 6.07) is 1.51. The van der Waals surface area contributed by atoms with Crippen molar-refractivity contribution in [1.29, 1.82) is 0 Å². The maximum atomic E-state index is 15.5. The van der Waals surface area contributed by atoms with Crippen LogP contribution in [0.5, 0.6) is 0 Å². The summed E-state index contributed by atoms with van der Waals surface area (Å²) in [6.45, 7) is 3.82. The lowest BCUT2D eigenvalue weighted by Crippen LogP contribution is -2.48. The number of nitrogens with zero attached hydrogens (tertiary/aromatic N) is 4. The van der Waals surface area contributed by atoms with Crippen LogP contribution in [0.15, 0.2) is 42.5 Å². The Morgan fingerprint density at radius 3 is 2.68 bits per heavy atom. The van der Waals surface area contributed by atoms with Gasteiger partial charge in [-0.15, -0.1) is 0 Å². The fourth-order valence-corrected chi connectivity index (χ4v) is 4.25. The van der Waals surface area contributed by atoms with E-state index in [1.54, 1.807) is 17.9 Å². The van der Waals surface area contributed by atoms with Crippen LogP contribution in [0.1, 0.15) is 18.9 Å². The number of amides is 1. The van der Waals surface area contributed by atoms with Crippen LogP contribution in [-0.2, 0) is 4.79 Å². The van der Waals surface area contributed by atoms with Crippen molar-refractivity contribution in [2.75, 3.05) is 31.1 Å². The molecule has 1 amide bonds. The van der Waals surface area contributed by atoms with Crippen molar-refractivity contribution in [2.45, 2.75) is 19.4 Å². The van der Waals surface area contributed by atoms with Crippen molar-refractivity contribution in [2.24, 2.45) is 0 Å². The monoisotopic (exact) mass is 446 g/mol. The highest BCUT2D eigenvalue weighted by Gasteiger charge is 2.29. The molecule has 2 aromatic rings. The van der Waals surface area contributed by atoms with Crippen molar-refractivity contribution in [3.05, 3.63) is 58.9 Å². The van der Waals surface area contributed by atoms with E-state index in [1.807, 2.05) is 4.90 Å². The molecular weight excluding hydrogens is 426 g/mol. The first-order valence-electron chi connectivity index (χ1n) is 9.96. The zero-order valence-electron chi connectivity index (χ0n) is 16.9. The summed E-state index contributed by atoms with van der Waals surface area (Å²) >= 11 is 6.37.